The molecule has 0 aliphatic rings. The van der Waals surface area contributed by atoms with Gasteiger partial charge in [-0.1, -0.05) is 0 Å². The van der Waals surface area contributed by atoms with E-state index in [2.05, 4.69) is 4.74 Å². The molecule has 0 saturated carbocycles. The van der Waals surface area contributed by atoms with Crippen molar-refractivity contribution < 1.29 is 14.3 Å². The first-order valence-electron chi connectivity index (χ1n) is 3.30. The summed E-state index contributed by atoms with van der Waals surface area (Å²) in [7, 11) is 0. The van der Waals surface area contributed by atoms with E-state index in [1.807, 2.05) is 0 Å². The Morgan fingerprint density at radius 3 is 2.09 bits per heavy atom. The Labute approximate surface area is 70.7 Å². The summed E-state index contributed by atoms with van der Waals surface area (Å²) in [5.41, 5.74) is 0. The predicted molar refractivity (Wildman–Crippen MR) is 41.6 cm³/mol. The Morgan fingerprint density at radius 1 is 1.36 bits per heavy atom. The van der Waals surface area contributed by atoms with E-state index in [0.29, 0.717) is 0 Å². The van der Waals surface area contributed by atoms with Crippen molar-refractivity contribution in [1.82, 2.24) is 0 Å². The van der Waals surface area contributed by atoms with E-state index in [1.54, 1.807) is 13.8 Å². The summed E-state index contributed by atoms with van der Waals surface area (Å²) in [5.74, 6) is -1.06. The normalized spacial score (nSPS) is 12.8. The molecule has 0 aliphatic heterocycles. The first-order chi connectivity index (χ1) is 4.95. The number of ether oxygens (including phenoxy) is 1. The Hall–Kier alpha value is -0.570. The van der Waals surface area contributed by atoms with Gasteiger partial charge < -0.3 is 4.74 Å². The zero-order chi connectivity index (χ0) is 9.02. The smallest absolute Gasteiger partial charge is 0.331 e. The van der Waals surface area contributed by atoms with Gasteiger partial charge in [0.2, 0.25) is 0 Å². The van der Waals surface area contributed by atoms with Crippen LogP contribution in [0.5, 0.6) is 0 Å². The number of halogens is 1. The van der Waals surface area contributed by atoms with Crippen LogP contribution in [0.4, 0.5) is 0 Å². The van der Waals surface area contributed by atoms with Crippen LogP contribution in [0.1, 0.15) is 20.8 Å². The maximum atomic E-state index is 10.8. The zero-order valence-corrected chi connectivity index (χ0v) is 7.51. The third kappa shape index (κ3) is 3.98. The fourth-order valence-electron chi connectivity index (χ4n) is 0.458. The fourth-order valence-corrected chi connectivity index (χ4v) is 0.509. The molecule has 0 fully saturated rings. The first kappa shape index (κ1) is 10.4. The van der Waals surface area contributed by atoms with Crippen molar-refractivity contribution in [2.24, 2.45) is 0 Å². The predicted octanol–water partition coefficient (Wildman–Crippen LogP) is 1.13. The molecule has 1 atom stereocenters. The van der Waals surface area contributed by atoms with Gasteiger partial charge in [-0.25, -0.2) is 4.79 Å². The molecule has 1 unspecified atom stereocenters. The summed E-state index contributed by atoms with van der Waals surface area (Å²) in [5, 5.41) is -1.16. The van der Waals surface area contributed by atoms with Gasteiger partial charge in [-0.2, -0.15) is 0 Å². The van der Waals surface area contributed by atoms with Crippen LogP contribution in [0.2, 0.25) is 0 Å². The van der Waals surface area contributed by atoms with Gasteiger partial charge in [0.05, 0.1) is 6.10 Å². The van der Waals surface area contributed by atoms with E-state index in [4.69, 9.17) is 11.6 Å². The molecule has 0 spiro atoms. The number of rotatable bonds is 3. The maximum absolute atomic E-state index is 10.8. The third-order valence-electron chi connectivity index (χ3n) is 0.916. The highest BCUT2D eigenvalue weighted by molar-refractivity contribution is 6.40. The lowest BCUT2D eigenvalue weighted by Gasteiger charge is -2.09. The number of hydrogen-bond donors (Lipinski definition) is 0. The molecule has 64 valence electrons. The molecule has 0 aromatic rings. The molecule has 0 radical (unpaired) electrons. The molecule has 3 nitrogen and oxygen atoms in total. The van der Waals surface area contributed by atoms with Gasteiger partial charge in [0, 0.05) is 0 Å². The van der Waals surface area contributed by atoms with E-state index in [0.717, 1.165) is 0 Å². The molecule has 0 saturated heterocycles. The van der Waals surface area contributed by atoms with Crippen LogP contribution in [0.3, 0.4) is 0 Å². The lowest BCUT2D eigenvalue weighted by Crippen LogP contribution is -2.26. The molecule has 0 aromatic heterocycles. The maximum Gasteiger partial charge on any atom is 0.331 e. The summed E-state index contributed by atoms with van der Waals surface area (Å²) in [6, 6.07) is 0. The Morgan fingerprint density at radius 2 is 1.82 bits per heavy atom. The highest BCUT2D eigenvalue weighted by Gasteiger charge is 2.22. The summed E-state index contributed by atoms with van der Waals surface area (Å²) < 4.78 is 4.68. The molecule has 0 aromatic carbocycles. The lowest BCUT2D eigenvalue weighted by atomic mass is 10.3. The van der Waals surface area contributed by atoms with Crippen LogP contribution in [-0.4, -0.2) is 23.2 Å². The van der Waals surface area contributed by atoms with Gasteiger partial charge in [0.15, 0.2) is 11.2 Å². The SMILES string of the molecule is CC(=O)C(Cl)C(=O)OC(C)C. The van der Waals surface area contributed by atoms with E-state index >= 15 is 0 Å². The van der Waals surface area contributed by atoms with Crippen molar-refractivity contribution in [3.8, 4) is 0 Å². The van der Waals surface area contributed by atoms with Crippen LogP contribution >= 0.6 is 11.6 Å². The first-order valence-corrected chi connectivity index (χ1v) is 3.73. The van der Waals surface area contributed by atoms with Gasteiger partial charge in [-0.15, -0.1) is 11.6 Å². The zero-order valence-electron chi connectivity index (χ0n) is 6.76. The summed E-state index contributed by atoms with van der Waals surface area (Å²) >= 11 is 5.39. The summed E-state index contributed by atoms with van der Waals surface area (Å²) in [4.78, 5) is 21.4. The standard InChI is InChI=1S/C7H11ClO3/c1-4(2)11-7(10)6(8)5(3)9/h4,6H,1-3H3. The highest BCUT2D eigenvalue weighted by atomic mass is 35.5. The van der Waals surface area contributed by atoms with Crippen molar-refractivity contribution >= 4 is 23.4 Å². The van der Waals surface area contributed by atoms with Gasteiger partial charge in [-0.05, 0) is 20.8 Å². The summed E-state index contributed by atoms with van der Waals surface area (Å²) in [6.07, 6.45) is -0.233. The average Bonchev–Trinajstić information content (AvgIpc) is 1.84. The monoisotopic (exact) mass is 178 g/mol. The second kappa shape index (κ2) is 4.34. The largest absolute Gasteiger partial charge is 0.462 e. The molecule has 4 heteroatoms. The van der Waals surface area contributed by atoms with Crippen molar-refractivity contribution in [2.75, 3.05) is 0 Å². The topological polar surface area (TPSA) is 43.4 Å². The van der Waals surface area contributed by atoms with Crippen molar-refractivity contribution in [3.05, 3.63) is 0 Å². The molecule has 0 bridgehead atoms. The minimum absolute atomic E-state index is 0.233. The van der Waals surface area contributed by atoms with E-state index < -0.39 is 17.1 Å². The quantitative estimate of drug-likeness (QED) is 0.370. The molecule has 0 N–H and O–H groups in total. The number of carbonyl (C=O) groups is 2. The number of carbonyl (C=O) groups excluding carboxylic acids is 2. The van der Waals surface area contributed by atoms with Crippen LogP contribution in [0.25, 0.3) is 0 Å². The molecule has 11 heavy (non-hydrogen) atoms. The van der Waals surface area contributed by atoms with Gasteiger partial charge >= 0.3 is 5.97 Å². The molecular weight excluding hydrogens is 168 g/mol. The Kier molecular flexibility index (Phi) is 4.11. The Balaban J connectivity index is 3.93. The number of ketones is 1. The van der Waals surface area contributed by atoms with Gasteiger partial charge in [-0.3, -0.25) is 4.79 Å². The second-order valence-electron chi connectivity index (χ2n) is 2.46. The van der Waals surface area contributed by atoms with Gasteiger partial charge in [0.25, 0.3) is 0 Å². The van der Waals surface area contributed by atoms with E-state index in [-0.39, 0.29) is 6.10 Å². The average molecular weight is 179 g/mol. The van der Waals surface area contributed by atoms with E-state index in [9.17, 15) is 9.59 Å². The fraction of sp³-hybridized carbons (Fsp3) is 0.714. The molecule has 0 heterocycles. The summed E-state index contributed by atoms with van der Waals surface area (Å²) in [6.45, 7) is 4.64. The second-order valence-corrected chi connectivity index (χ2v) is 2.90. The molecule has 0 rings (SSSR count). The molecular formula is C7H11ClO3. The van der Waals surface area contributed by atoms with Crippen LogP contribution in [-0.2, 0) is 14.3 Å². The molecule has 0 amide bonds. The Bertz CT molecular complexity index is 165. The minimum atomic E-state index is -1.16. The number of hydrogen-bond acceptors (Lipinski definition) is 3. The van der Waals surface area contributed by atoms with Crippen LogP contribution in [0.15, 0.2) is 0 Å². The molecule has 0 aliphatic carbocycles. The lowest BCUT2D eigenvalue weighted by molar-refractivity contribution is -0.148. The highest BCUT2D eigenvalue weighted by Crippen LogP contribution is 2.02. The minimum Gasteiger partial charge on any atom is -0.462 e. The van der Waals surface area contributed by atoms with E-state index in [1.165, 1.54) is 6.92 Å². The van der Waals surface area contributed by atoms with Crippen molar-refractivity contribution in [1.29, 1.82) is 0 Å². The third-order valence-corrected chi connectivity index (χ3v) is 1.40. The van der Waals surface area contributed by atoms with Crippen molar-refractivity contribution in [3.63, 3.8) is 0 Å². The number of esters is 1. The van der Waals surface area contributed by atoms with Gasteiger partial charge in [0.1, 0.15) is 0 Å². The van der Waals surface area contributed by atoms with Crippen molar-refractivity contribution in [2.45, 2.75) is 32.3 Å². The number of alkyl halides is 1. The van der Waals surface area contributed by atoms with Crippen LogP contribution < -0.4 is 0 Å². The number of Topliss-reactive ketones (excluding diaryl/α,β-unsaturated/α-hetero) is 1. The van der Waals surface area contributed by atoms with Crippen LogP contribution in [0, 0.1) is 0 Å².